The summed E-state index contributed by atoms with van der Waals surface area (Å²) in [7, 11) is 1.78. The van der Waals surface area contributed by atoms with Crippen molar-refractivity contribution in [1.29, 1.82) is 0 Å². The summed E-state index contributed by atoms with van der Waals surface area (Å²) >= 11 is 1.56. The zero-order chi connectivity index (χ0) is 15.5. The molecule has 0 spiro atoms. The number of hydrogen-bond acceptors (Lipinski definition) is 6. The number of thioether (sulfide) groups is 1. The largest absolute Gasteiger partial charge is 0.381 e. The van der Waals surface area contributed by atoms with Crippen LogP contribution in [0.3, 0.4) is 0 Å². The average molecular weight is 310 g/mol. The van der Waals surface area contributed by atoms with Crippen LogP contribution >= 0.6 is 11.8 Å². The number of ether oxygens (including phenoxy) is 1. The lowest BCUT2D eigenvalue weighted by Gasteiger charge is -2.51. The van der Waals surface area contributed by atoms with E-state index in [-0.39, 0.29) is 5.41 Å². The van der Waals surface area contributed by atoms with E-state index in [1.165, 1.54) is 0 Å². The molecule has 0 aromatic carbocycles. The zero-order valence-electron chi connectivity index (χ0n) is 13.6. The van der Waals surface area contributed by atoms with Crippen molar-refractivity contribution in [1.82, 2.24) is 9.97 Å². The molecule has 0 radical (unpaired) electrons. The average Bonchev–Trinajstić information content (AvgIpc) is 2.48. The SMILES string of the molecule is CCCNc1cc(NC2CC(OC)C2(C)C)nc(SC)n1. The van der Waals surface area contributed by atoms with Crippen LogP contribution in [0, 0.1) is 5.41 Å². The third-order valence-corrected chi connectivity index (χ3v) is 4.78. The summed E-state index contributed by atoms with van der Waals surface area (Å²) in [6.07, 6.45) is 4.40. The summed E-state index contributed by atoms with van der Waals surface area (Å²) in [4.78, 5) is 9.04. The molecular formula is C15H26N4OS. The molecule has 5 nitrogen and oxygen atoms in total. The fourth-order valence-corrected chi connectivity index (χ4v) is 3.02. The fourth-order valence-electron chi connectivity index (χ4n) is 2.64. The second-order valence-corrected chi connectivity index (χ2v) is 6.80. The molecule has 21 heavy (non-hydrogen) atoms. The van der Waals surface area contributed by atoms with Gasteiger partial charge in [-0.1, -0.05) is 32.5 Å². The number of aromatic nitrogens is 2. The monoisotopic (exact) mass is 310 g/mol. The Morgan fingerprint density at radius 1 is 1.38 bits per heavy atom. The predicted octanol–water partition coefficient (Wildman–Crippen LogP) is 3.25. The van der Waals surface area contributed by atoms with E-state index in [0.29, 0.717) is 12.1 Å². The highest BCUT2D eigenvalue weighted by Crippen LogP contribution is 2.44. The zero-order valence-corrected chi connectivity index (χ0v) is 14.4. The second kappa shape index (κ2) is 6.83. The smallest absolute Gasteiger partial charge is 0.191 e. The first-order valence-corrected chi connectivity index (χ1v) is 8.70. The third-order valence-electron chi connectivity index (χ3n) is 4.23. The molecule has 2 atom stereocenters. The first-order valence-electron chi connectivity index (χ1n) is 7.47. The van der Waals surface area contributed by atoms with E-state index in [9.17, 15) is 0 Å². The van der Waals surface area contributed by atoms with Gasteiger partial charge in [-0.3, -0.25) is 0 Å². The van der Waals surface area contributed by atoms with Gasteiger partial charge in [0.2, 0.25) is 0 Å². The molecule has 1 aliphatic rings. The normalized spacial score (nSPS) is 23.5. The van der Waals surface area contributed by atoms with Crippen LogP contribution in [0.15, 0.2) is 11.2 Å². The van der Waals surface area contributed by atoms with Gasteiger partial charge in [-0.2, -0.15) is 0 Å². The topological polar surface area (TPSA) is 59.1 Å². The number of hydrogen-bond donors (Lipinski definition) is 2. The summed E-state index contributed by atoms with van der Waals surface area (Å²) < 4.78 is 5.50. The highest BCUT2D eigenvalue weighted by atomic mass is 32.2. The van der Waals surface area contributed by atoms with Crippen LogP contribution < -0.4 is 10.6 Å². The van der Waals surface area contributed by atoms with E-state index in [1.54, 1.807) is 18.9 Å². The molecule has 1 heterocycles. The molecule has 0 aliphatic heterocycles. The highest BCUT2D eigenvalue weighted by Gasteiger charge is 2.48. The van der Waals surface area contributed by atoms with Crippen molar-refractivity contribution in [3.8, 4) is 0 Å². The molecule has 2 unspecified atom stereocenters. The summed E-state index contributed by atoms with van der Waals surface area (Å²) in [5.41, 5.74) is 0.121. The number of nitrogens with zero attached hydrogens (tertiary/aromatic N) is 2. The summed E-state index contributed by atoms with van der Waals surface area (Å²) in [5, 5.41) is 7.66. The van der Waals surface area contributed by atoms with Crippen LogP contribution in [-0.4, -0.2) is 42.0 Å². The van der Waals surface area contributed by atoms with Gasteiger partial charge < -0.3 is 15.4 Å². The Hall–Kier alpha value is -1.01. The van der Waals surface area contributed by atoms with Crippen molar-refractivity contribution < 1.29 is 4.74 Å². The van der Waals surface area contributed by atoms with Crippen molar-refractivity contribution in [2.24, 2.45) is 5.41 Å². The van der Waals surface area contributed by atoms with E-state index < -0.39 is 0 Å². The minimum Gasteiger partial charge on any atom is -0.381 e. The van der Waals surface area contributed by atoms with Gasteiger partial charge in [0.25, 0.3) is 0 Å². The summed E-state index contributed by atoms with van der Waals surface area (Å²) in [6.45, 7) is 7.53. The molecule has 1 saturated carbocycles. The van der Waals surface area contributed by atoms with E-state index in [2.05, 4.69) is 41.4 Å². The van der Waals surface area contributed by atoms with Crippen LogP contribution in [0.4, 0.5) is 11.6 Å². The Morgan fingerprint density at radius 2 is 2.10 bits per heavy atom. The molecule has 1 aromatic heterocycles. The van der Waals surface area contributed by atoms with E-state index in [1.807, 2.05) is 12.3 Å². The van der Waals surface area contributed by atoms with Gasteiger partial charge in [0.1, 0.15) is 11.6 Å². The van der Waals surface area contributed by atoms with Gasteiger partial charge in [0, 0.05) is 31.2 Å². The van der Waals surface area contributed by atoms with Crippen molar-refractivity contribution >= 4 is 23.4 Å². The van der Waals surface area contributed by atoms with Gasteiger partial charge in [0.05, 0.1) is 6.10 Å². The maximum Gasteiger partial charge on any atom is 0.191 e. The van der Waals surface area contributed by atoms with Crippen molar-refractivity contribution in [3.63, 3.8) is 0 Å². The van der Waals surface area contributed by atoms with Gasteiger partial charge in [-0.05, 0) is 19.1 Å². The van der Waals surface area contributed by atoms with Gasteiger partial charge in [-0.25, -0.2) is 9.97 Å². The molecule has 118 valence electrons. The van der Waals surface area contributed by atoms with Gasteiger partial charge >= 0.3 is 0 Å². The third kappa shape index (κ3) is 3.61. The van der Waals surface area contributed by atoms with Gasteiger partial charge in [-0.15, -0.1) is 0 Å². The molecule has 1 aromatic rings. The fraction of sp³-hybridized carbons (Fsp3) is 0.733. The molecule has 1 aliphatic carbocycles. The lowest BCUT2D eigenvalue weighted by atomic mass is 9.64. The molecule has 2 rings (SSSR count). The van der Waals surface area contributed by atoms with Crippen LogP contribution in [0.25, 0.3) is 0 Å². The van der Waals surface area contributed by atoms with E-state index in [4.69, 9.17) is 4.74 Å². The number of rotatable bonds is 7. The van der Waals surface area contributed by atoms with Crippen LogP contribution in [0.2, 0.25) is 0 Å². The van der Waals surface area contributed by atoms with Crippen LogP contribution in [0.1, 0.15) is 33.6 Å². The standard InChI is InChI=1S/C15H26N4OS/c1-6-7-16-12-9-13(19-14(18-12)21-5)17-10-8-11(20-4)15(10,2)3/h9-11H,6-8H2,1-5H3,(H2,16,17,18,19). The van der Waals surface area contributed by atoms with Crippen molar-refractivity contribution in [3.05, 3.63) is 6.07 Å². The Labute approximate surface area is 131 Å². The quantitative estimate of drug-likeness (QED) is 0.595. The molecule has 0 amide bonds. The van der Waals surface area contributed by atoms with E-state index in [0.717, 1.165) is 36.2 Å². The Morgan fingerprint density at radius 3 is 2.67 bits per heavy atom. The lowest BCUT2D eigenvalue weighted by Crippen LogP contribution is -2.57. The minimum atomic E-state index is 0.121. The van der Waals surface area contributed by atoms with Crippen molar-refractivity contribution in [2.75, 3.05) is 30.5 Å². The number of nitrogens with one attached hydrogen (secondary N) is 2. The summed E-state index contributed by atoms with van der Waals surface area (Å²) in [6, 6.07) is 2.37. The minimum absolute atomic E-state index is 0.121. The summed E-state index contributed by atoms with van der Waals surface area (Å²) in [5.74, 6) is 1.78. The van der Waals surface area contributed by atoms with Crippen molar-refractivity contribution in [2.45, 2.75) is 50.9 Å². The molecule has 6 heteroatoms. The molecular weight excluding hydrogens is 284 g/mol. The van der Waals surface area contributed by atoms with Crippen LogP contribution in [-0.2, 0) is 4.74 Å². The lowest BCUT2D eigenvalue weighted by molar-refractivity contribution is -0.0795. The maximum absolute atomic E-state index is 5.50. The Bertz CT molecular complexity index is 481. The Balaban J connectivity index is 2.09. The van der Waals surface area contributed by atoms with Crippen LogP contribution in [0.5, 0.6) is 0 Å². The Kier molecular flexibility index (Phi) is 5.32. The molecule has 0 saturated heterocycles. The second-order valence-electron chi connectivity index (χ2n) is 6.03. The number of methoxy groups -OCH3 is 1. The first-order chi connectivity index (χ1) is 10.0. The van der Waals surface area contributed by atoms with E-state index >= 15 is 0 Å². The van der Waals surface area contributed by atoms with Gasteiger partial charge in [0.15, 0.2) is 5.16 Å². The predicted molar refractivity (Wildman–Crippen MR) is 89.2 cm³/mol. The highest BCUT2D eigenvalue weighted by molar-refractivity contribution is 7.98. The maximum atomic E-state index is 5.50. The molecule has 0 bridgehead atoms. The molecule has 2 N–H and O–H groups in total. The number of anilines is 2. The first kappa shape index (κ1) is 16.4. The molecule has 1 fully saturated rings.